The van der Waals surface area contributed by atoms with Gasteiger partial charge in [0.1, 0.15) is 5.69 Å². The van der Waals surface area contributed by atoms with Crippen molar-refractivity contribution in [1.29, 1.82) is 0 Å². The Bertz CT molecular complexity index is 860. The number of methoxy groups -OCH3 is 1. The quantitative estimate of drug-likeness (QED) is 0.663. The number of ether oxygens (including phenoxy) is 1. The van der Waals surface area contributed by atoms with Crippen molar-refractivity contribution in [3.05, 3.63) is 41.7 Å². The lowest BCUT2D eigenvalue weighted by Crippen LogP contribution is -2.31. The molecule has 3 heterocycles. The molecule has 29 heavy (non-hydrogen) atoms. The van der Waals surface area contributed by atoms with Gasteiger partial charge in [-0.3, -0.25) is 14.6 Å². The number of amides is 2. The van der Waals surface area contributed by atoms with Gasteiger partial charge in [0.05, 0.1) is 24.1 Å². The third-order valence-corrected chi connectivity index (χ3v) is 4.69. The molecule has 2 amide bonds. The second-order valence-corrected chi connectivity index (χ2v) is 6.94. The summed E-state index contributed by atoms with van der Waals surface area (Å²) in [4.78, 5) is 45.8. The summed E-state index contributed by atoms with van der Waals surface area (Å²) in [5.74, 6) is 0.0299. The topological polar surface area (TPSA) is 113 Å². The summed E-state index contributed by atoms with van der Waals surface area (Å²) in [6.07, 6.45) is 6.74. The van der Waals surface area contributed by atoms with Gasteiger partial charge in [0.2, 0.25) is 5.95 Å². The third-order valence-electron chi connectivity index (χ3n) is 4.69. The van der Waals surface area contributed by atoms with E-state index in [1.54, 1.807) is 23.1 Å². The molecule has 1 aliphatic heterocycles. The van der Waals surface area contributed by atoms with E-state index in [0.29, 0.717) is 55.6 Å². The minimum absolute atomic E-state index is 0.0690. The van der Waals surface area contributed by atoms with Crippen molar-refractivity contribution >= 4 is 17.8 Å². The zero-order valence-corrected chi connectivity index (χ0v) is 16.8. The van der Waals surface area contributed by atoms with Crippen molar-refractivity contribution in [2.75, 3.05) is 52.3 Å². The summed E-state index contributed by atoms with van der Waals surface area (Å²) in [5.41, 5.74) is 1.38. The molecule has 0 bridgehead atoms. The SMILES string of the molecule is COCCNC(=O)c1cnc(N(C)C)nc1C1CCN(C(=O)c2cnccn2)C1. The summed E-state index contributed by atoms with van der Waals surface area (Å²) in [7, 11) is 5.26. The molecule has 1 atom stereocenters. The predicted octanol–water partition coefficient (Wildman–Crippen LogP) is 0.339. The van der Waals surface area contributed by atoms with E-state index in [0.717, 1.165) is 0 Å². The summed E-state index contributed by atoms with van der Waals surface area (Å²) in [6, 6.07) is 0. The maximum Gasteiger partial charge on any atom is 0.274 e. The van der Waals surface area contributed by atoms with Crippen LogP contribution in [-0.4, -0.2) is 84.1 Å². The van der Waals surface area contributed by atoms with E-state index in [-0.39, 0.29) is 17.7 Å². The van der Waals surface area contributed by atoms with Gasteiger partial charge >= 0.3 is 0 Å². The molecule has 1 aliphatic rings. The lowest BCUT2D eigenvalue weighted by Gasteiger charge is -2.19. The highest BCUT2D eigenvalue weighted by atomic mass is 16.5. The largest absolute Gasteiger partial charge is 0.383 e. The Balaban J connectivity index is 1.81. The maximum atomic E-state index is 12.7. The highest BCUT2D eigenvalue weighted by Gasteiger charge is 2.32. The zero-order valence-electron chi connectivity index (χ0n) is 16.8. The molecule has 0 aliphatic carbocycles. The van der Waals surface area contributed by atoms with E-state index in [2.05, 4.69) is 25.3 Å². The van der Waals surface area contributed by atoms with Gasteiger partial charge in [-0.25, -0.2) is 15.0 Å². The minimum Gasteiger partial charge on any atom is -0.383 e. The van der Waals surface area contributed by atoms with E-state index < -0.39 is 0 Å². The van der Waals surface area contributed by atoms with Gasteiger partial charge in [-0.05, 0) is 6.42 Å². The highest BCUT2D eigenvalue weighted by Crippen LogP contribution is 2.29. The monoisotopic (exact) mass is 399 g/mol. The van der Waals surface area contributed by atoms with Crippen LogP contribution in [0.4, 0.5) is 5.95 Å². The second-order valence-electron chi connectivity index (χ2n) is 6.94. The van der Waals surface area contributed by atoms with Crippen molar-refractivity contribution in [3.63, 3.8) is 0 Å². The van der Waals surface area contributed by atoms with Gasteiger partial charge in [0, 0.05) is 65.3 Å². The average molecular weight is 399 g/mol. The van der Waals surface area contributed by atoms with E-state index in [1.807, 2.05) is 14.1 Å². The number of nitrogens with one attached hydrogen (secondary N) is 1. The number of nitrogens with zero attached hydrogens (tertiary/aromatic N) is 6. The normalized spacial score (nSPS) is 16.0. The molecule has 154 valence electrons. The van der Waals surface area contributed by atoms with E-state index in [4.69, 9.17) is 4.74 Å². The fraction of sp³-hybridized carbons (Fsp3) is 0.474. The standard InChI is InChI=1S/C19H25N7O3/c1-25(2)19-23-10-14(17(27)22-7-9-29-3)16(24-19)13-4-8-26(12-13)18(28)15-11-20-5-6-21-15/h5-6,10-11,13H,4,7-9,12H2,1-3H3,(H,22,27). The van der Waals surface area contributed by atoms with Crippen LogP contribution in [-0.2, 0) is 4.74 Å². The fourth-order valence-electron chi connectivity index (χ4n) is 3.19. The van der Waals surface area contributed by atoms with Gasteiger partial charge < -0.3 is 19.9 Å². The summed E-state index contributed by atoms with van der Waals surface area (Å²) in [5, 5.41) is 2.82. The first-order valence-electron chi connectivity index (χ1n) is 9.38. The maximum absolute atomic E-state index is 12.7. The number of likely N-dealkylation sites (tertiary alicyclic amines) is 1. The molecule has 1 N–H and O–H groups in total. The number of anilines is 1. The van der Waals surface area contributed by atoms with Gasteiger partial charge in [-0.15, -0.1) is 0 Å². The van der Waals surface area contributed by atoms with Crippen molar-refractivity contribution in [2.24, 2.45) is 0 Å². The molecule has 0 aromatic carbocycles. The Morgan fingerprint density at radius 1 is 1.28 bits per heavy atom. The van der Waals surface area contributed by atoms with Crippen LogP contribution in [0.5, 0.6) is 0 Å². The number of carbonyl (C=O) groups excluding carboxylic acids is 2. The van der Waals surface area contributed by atoms with Crippen molar-refractivity contribution in [2.45, 2.75) is 12.3 Å². The molecule has 10 nitrogen and oxygen atoms in total. The predicted molar refractivity (Wildman–Crippen MR) is 106 cm³/mol. The van der Waals surface area contributed by atoms with E-state index in [9.17, 15) is 9.59 Å². The van der Waals surface area contributed by atoms with Crippen LogP contribution in [0.25, 0.3) is 0 Å². The summed E-state index contributed by atoms with van der Waals surface area (Å²) in [6.45, 7) is 1.83. The first-order valence-corrected chi connectivity index (χ1v) is 9.38. The molecule has 3 rings (SSSR count). The van der Waals surface area contributed by atoms with Crippen molar-refractivity contribution in [3.8, 4) is 0 Å². The number of hydrogen-bond donors (Lipinski definition) is 1. The second kappa shape index (κ2) is 9.37. The van der Waals surface area contributed by atoms with E-state index in [1.165, 1.54) is 18.6 Å². The van der Waals surface area contributed by atoms with Crippen molar-refractivity contribution < 1.29 is 14.3 Å². The van der Waals surface area contributed by atoms with Gasteiger partial charge in [0.15, 0.2) is 0 Å². The molecular weight excluding hydrogens is 374 g/mol. The Hall–Kier alpha value is -3.14. The molecule has 0 spiro atoms. The Morgan fingerprint density at radius 2 is 2.10 bits per heavy atom. The van der Waals surface area contributed by atoms with Crippen LogP contribution >= 0.6 is 0 Å². The molecule has 1 saturated heterocycles. The average Bonchev–Trinajstić information content (AvgIpc) is 3.23. The van der Waals surface area contributed by atoms with E-state index >= 15 is 0 Å². The first-order chi connectivity index (χ1) is 14.0. The molecule has 2 aromatic heterocycles. The summed E-state index contributed by atoms with van der Waals surface area (Å²) < 4.78 is 4.98. The highest BCUT2D eigenvalue weighted by molar-refractivity contribution is 5.95. The molecule has 10 heteroatoms. The number of hydrogen-bond acceptors (Lipinski definition) is 8. The number of rotatable bonds is 7. The molecule has 0 radical (unpaired) electrons. The Morgan fingerprint density at radius 3 is 2.79 bits per heavy atom. The van der Waals surface area contributed by atoms with Crippen LogP contribution in [0.15, 0.2) is 24.8 Å². The number of aromatic nitrogens is 4. The van der Waals surface area contributed by atoms with Crippen LogP contribution in [0.1, 0.15) is 38.9 Å². The van der Waals surface area contributed by atoms with Gasteiger partial charge in [0.25, 0.3) is 11.8 Å². The third kappa shape index (κ3) is 4.83. The van der Waals surface area contributed by atoms with Crippen LogP contribution in [0.2, 0.25) is 0 Å². The van der Waals surface area contributed by atoms with Gasteiger partial charge in [-0.2, -0.15) is 0 Å². The number of carbonyl (C=O) groups is 2. The molecule has 2 aromatic rings. The smallest absolute Gasteiger partial charge is 0.274 e. The summed E-state index contributed by atoms with van der Waals surface area (Å²) >= 11 is 0. The lowest BCUT2D eigenvalue weighted by molar-refractivity contribution is 0.0784. The van der Waals surface area contributed by atoms with Crippen LogP contribution in [0.3, 0.4) is 0 Å². The molecular formula is C19H25N7O3. The lowest BCUT2D eigenvalue weighted by atomic mass is 9.99. The van der Waals surface area contributed by atoms with Crippen molar-refractivity contribution in [1.82, 2.24) is 30.2 Å². The first kappa shape index (κ1) is 20.6. The van der Waals surface area contributed by atoms with Gasteiger partial charge in [-0.1, -0.05) is 0 Å². The fourth-order valence-corrected chi connectivity index (χ4v) is 3.19. The zero-order chi connectivity index (χ0) is 20.8. The Kier molecular flexibility index (Phi) is 6.65. The van der Waals surface area contributed by atoms with Crippen LogP contribution in [0, 0.1) is 0 Å². The Labute approximate surface area is 169 Å². The van der Waals surface area contributed by atoms with Crippen LogP contribution < -0.4 is 10.2 Å². The molecule has 1 unspecified atom stereocenters. The molecule has 1 fully saturated rings. The molecule has 0 saturated carbocycles. The minimum atomic E-state index is -0.249.